The molecule has 0 rings (SSSR count). The molecule has 55 valence electrons. The second kappa shape index (κ2) is 6.09. The van der Waals surface area contributed by atoms with Crippen LogP contribution >= 0.6 is 0 Å². The molecule has 9 heavy (non-hydrogen) atoms. The van der Waals surface area contributed by atoms with Gasteiger partial charge in [0.15, 0.2) is 0 Å². The van der Waals surface area contributed by atoms with Crippen molar-refractivity contribution < 1.29 is 4.74 Å². The summed E-state index contributed by atoms with van der Waals surface area (Å²) in [6.07, 6.45) is 3.78. The average Bonchev–Trinajstić information content (AvgIpc) is 1.85. The lowest BCUT2D eigenvalue weighted by molar-refractivity contribution is 0.0691. The van der Waals surface area contributed by atoms with Gasteiger partial charge in [-0.25, -0.2) is 0 Å². The highest BCUT2D eigenvalue weighted by molar-refractivity contribution is 4.50. The van der Waals surface area contributed by atoms with Crippen LogP contribution in [0.1, 0.15) is 33.1 Å². The zero-order valence-corrected chi connectivity index (χ0v) is 6.52. The SMILES string of the molecule is [CH2]CCCC(C)OCC. The number of hydrogen-bond donors (Lipinski definition) is 0. The molecule has 0 heterocycles. The number of ether oxygens (including phenoxy) is 1. The number of hydrogen-bond acceptors (Lipinski definition) is 1. The minimum absolute atomic E-state index is 0.428. The molecule has 0 aliphatic rings. The van der Waals surface area contributed by atoms with E-state index in [1.54, 1.807) is 0 Å². The quantitative estimate of drug-likeness (QED) is 0.554. The lowest BCUT2D eigenvalue weighted by Gasteiger charge is -2.09. The Hall–Kier alpha value is -0.0400. The summed E-state index contributed by atoms with van der Waals surface area (Å²) < 4.78 is 5.32. The van der Waals surface area contributed by atoms with Crippen LogP contribution < -0.4 is 0 Å². The first-order chi connectivity index (χ1) is 4.31. The molecule has 1 atom stereocenters. The van der Waals surface area contributed by atoms with Crippen molar-refractivity contribution in [2.75, 3.05) is 6.61 Å². The Morgan fingerprint density at radius 3 is 2.67 bits per heavy atom. The van der Waals surface area contributed by atoms with Crippen LogP contribution in [0.25, 0.3) is 0 Å². The largest absolute Gasteiger partial charge is 0.379 e. The molecule has 0 saturated heterocycles. The van der Waals surface area contributed by atoms with Crippen molar-refractivity contribution in [1.29, 1.82) is 0 Å². The fraction of sp³-hybridized carbons (Fsp3) is 0.875. The lowest BCUT2D eigenvalue weighted by atomic mass is 10.2. The van der Waals surface area contributed by atoms with Gasteiger partial charge >= 0.3 is 0 Å². The molecular weight excluding hydrogens is 112 g/mol. The molecule has 1 heteroatoms. The Labute approximate surface area is 58.4 Å². The van der Waals surface area contributed by atoms with E-state index in [2.05, 4.69) is 13.8 Å². The van der Waals surface area contributed by atoms with Crippen LogP contribution in [0.2, 0.25) is 0 Å². The maximum absolute atomic E-state index is 5.32. The third-order valence-electron chi connectivity index (χ3n) is 1.31. The second-order valence-corrected chi connectivity index (χ2v) is 2.26. The van der Waals surface area contributed by atoms with Crippen molar-refractivity contribution in [2.45, 2.75) is 39.2 Å². The van der Waals surface area contributed by atoms with Gasteiger partial charge in [0.2, 0.25) is 0 Å². The van der Waals surface area contributed by atoms with E-state index in [1.165, 1.54) is 6.42 Å². The molecule has 1 unspecified atom stereocenters. The molecule has 0 saturated carbocycles. The molecular formula is C8H17O. The fourth-order valence-corrected chi connectivity index (χ4v) is 0.800. The average molecular weight is 129 g/mol. The van der Waals surface area contributed by atoms with E-state index in [9.17, 15) is 0 Å². The van der Waals surface area contributed by atoms with Gasteiger partial charge in [0.25, 0.3) is 0 Å². The van der Waals surface area contributed by atoms with E-state index < -0.39 is 0 Å². The zero-order chi connectivity index (χ0) is 7.11. The summed E-state index contributed by atoms with van der Waals surface area (Å²) in [5, 5.41) is 0. The molecule has 0 fully saturated rings. The van der Waals surface area contributed by atoms with E-state index in [4.69, 9.17) is 4.74 Å². The first-order valence-electron chi connectivity index (χ1n) is 3.72. The van der Waals surface area contributed by atoms with Gasteiger partial charge < -0.3 is 4.74 Å². The summed E-state index contributed by atoms with van der Waals surface area (Å²) in [6, 6.07) is 0. The summed E-state index contributed by atoms with van der Waals surface area (Å²) in [4.78, 5) is 0. The normalized spacial score (nSPS) is 13.7. The summed E-state index contributed by atoms with van der Waals surface area (Å²) >= 11 is 0. The Morgan fingerprint density at radius 2 is 2.22 bits per heavy atom. The summed E-state index contributed by atoms with van der Waals surface area (Å²) in [6.45, 7) is 8.73. The highest BCUT2D eigenvalue weighted by Gasteiger charge is 1.97. The van der Waals surface area contributed by atoms with Gasteiger partial charge in [0.05, 0.1) is 6.10 Å². The third-order valence-corrected chi connectivity index (χ3v) is 1.31. The zero-order valence-electron chi connectivity index (χ0n) is 6.52. The maximum atomic E-state index is 5.32. The summed E-state index contributed by atoms with van der Waals surface area (Å²) in [5.74, 6) is 0. The van der Waals surface area contributed by atoms with Crippen LogP contribution in [0.5, 0.6) is 0 Å². The predicted octanol–water partition coefficient (Wildman–Crippen LogP) is 2.42. The first kappa shape index (κ1) is 8.96. The monoisotopic (exact) mass is 129 g/mol. The van der Waals surface area contributed by atoms with Gasteiger partial charge in [-0.15, -0.1) is 0 Å². The molecule has 1 nitrogen and oxygen atoms in total. The van der Waals surface area contributed by atoms with Crippen LogP contribution in [-0.2, 0) is 4.74 Å². The van der Waals surface area contributed by atoms with Crippen molar-refractivity contribution in [3.05, 3.63) is 6.92 Å². The molecule has 0 bridgehead atoms. The fourth-order valence-electron chi connectivity index (χ4n) is 0.800. The third kappa shape index (κ3) is 5.84. The van der Waals surface area contributed by atoms with Crippen LogP contribution in [0.4, 0.5) is 0 Å². The van der Waals surface area contributed by atoms with Crippen molar-refractivity contribution in [2.24, 2.45) is 0 Å². The van der Waals surface area contributed by atoms with Gasteiger partial charge in [-0.3, -0.25) is 0 Å². The molecule has 0 aliphatic carbocycles. The molecule has 0 spiro atoms. The van der Waals surface area contributed by atoms with Crippen molar-refractivity contribution in [3.63, 3.8) is 0 Å². The van der Waals surface area contributed by atoms with Crippen molar-refractivity contribution in [3.8, 4) is 0 Å². The molecule has 0 aromatic heterocycles. The van der Waals surface area contributed by atoms with Gasteiger partial charge in [-0.05, 0) is 20.3 Å². The predicted molar refractivity (Wildman–Crippen MR) is 40.3 cm³/mol. The minimum Gasteiger partial charge on any atom is -0.379 e. The molecule has 1 radical (unpaired) electrons. The minimum atomic E-state index is 0.428. The van der Waals surface area contributed by atoms with E-state index in [1.807, 2.05) is 6.92 Å². The molecule has 0 aliphatic heterocycles. The Balaban J connectivity index is 2.95. The van der Waals surface area contributed by atoms with Gasteiger partial charge in [0.1, 0.15) is 0 Å². The Kier molecular flexibility index (Phi) is 6.06. The molecule has 0 aromatic carbocycles. The van der Waals surface area contributed by atoms with Crippen LogP contribution in [0.15, 0.2) is 0 Å². The summed E-state index contributed by atoms with van der Waals surface area (Å²) in [5.41, 5.74) is 0. The first-order valence-corrected chi connectivity index (χ1v) is 3.72. The standard InChI is InChI=1S/C8H17O/c1-4-6-7-8(3)9-5-2/h8H,1,4-7H2,2-3H3. The smallest absolute Gasteiger partial charge is 0.0546 e. The van der Waals surface area contributed by atoms with Crippen molar-refractivity contribution >= 4 is 0 Å². The van der Waals surface area contributed by atoms with Crippen LogP contribution in [-0.4, -0.2) is 12.7 Å². The second-order valence-electron chi connectivity index (χ2n) is 2.26. The summed E-state index contributed by atoms with van der Waals surface area (Å²) in [7, 11) is 0. The van der Waals surface area contributed by atoms with Gasteiger partial charge in [-0.2, -0.15) is 0 Å². The van der Waals surface area contributed by atoms with Gasteiger partial charge in [0, 0.05) is 6.61 Å². The van der Waals surface area contributed by atoms with E-state index in [0.717, 1.165) is 19.4 Å². The van der Waals surface area contributed by atoms with E-state index in [0.29, 0.717) is 6.10 Å². The number of rotatable bonds is 5. The maximum Gasteiger partial charge on any atom is 0.0546 e. The van der Waals surface area contributed by atoms with Crippen LogP contribution in [0.3, 0.4) is 0 Å². The van der Waals surface area contributed by atoms with E-state index in [-0.39, 0.29) is 0 Å². The topological polar surface area (TPSA) is 9.23 Å². The van der Waals surface area contributed by atoms with Crippen LogP contribution in [0, 0.1) is 6.92 Å². The highest BCUT2D eigenvalue weighted by atomic mass is 16.5. The Morgan fingerprint density at radius 1 is 1.56 bits per heavy atom. The molecule has 0 aromatic rings. The van der Waals surface area contributed by atoms with Crippen molar-refractivity contribution in [1.82, 2.24) is 0 Å². The number of unbranched alkanes of at least 4 members (excludes halogenated alkanes) is 1. The Bertz CT molecular complexity index is 52.5. The highest BCUT2D eigenvalue weighted by Crippen LogP contribution is 2.02. The van der Waals surface area contributed by atoms with Gasteiger partial charge in [-0.1, -0.05) is 19.8 Å². The molecule has 0 N–H and O–H groups in total. The molecule has 0 amide bonds. The lowest BCUT2D eigenvalue weighted by Crippen LogP contribution is -2.06. The van der Waals surface area contributed by atoms with E-state index >= 15 is 0 Å².